The number of halogens is 4. The number of fused-ring (bicyclic) bond motifs is 1. The van der Waals surface area contributed by atoms with Gasteiger partial charge in [-0.05, 0) is 48.5 Å². The van der Waals surface area contributed by atoms with Crippen LogP contribution in [-0.4, -0.2) is 16.0 Å². The summed E-state index contributed by atoms with van der Waals surface area (Å²) in [5.41, 5.74) is -0.337. The van der Waals surface area contributed by atoms with Gasteiger partial charge in [0.2, 0.25) is 0 Å². The summed E-state index contributed by atoms with van der Waals surface area (Å²) in [6.45, 7) is 0. The van der Waals surface area contributed by atoms with E-state index in [0.29, 0.717) is 4.34 Å². The molecule has 0 aliphatic heterocycles. The van der Waals surface area contributed by atoms with Gasteiger partial charge in [0.05, 0.1) is 21.3 Å². The van der Waals surface area contributed by atoms with Gasteiger partial charge in [-0.25, -0.2) is 4.98 Å². The zero-order valence-corrected chi connectivity index (χ0v) is 17.8. The quantitative estimate of drug-likeness (QED) is 0.327. The minimum Gasteiger partial charge on any atom is -0.507 e. The van der Waals surface area contributed by atoms with E-state index < -0.39 is 17.6 Å². The van der Waals surface area contributed by atoms with Gasteiger partial charge in [0.25, 0.3) is 5.91 Å². The number of nitrogens with zero attached hydrogens (tertiary/aromatic N) is 1. The van der Waals surface area contributed by atoms with Crippen molar-refractivity contribution >= 4 is 56.5 Å². The Hall–Kier alpha value is -2.75. The highest BCUT2D eigenvalue weighted by molar-refractivity contribution is 8.01. The van der Waals surface area contributed by atoms with Gasteiger partial charge in [-0.2, -0.15) is 13.2 Å². The van der Waals surface area contributed by atoms with E-state index in [0.717, 1.165) is 28.0 Å². The van der Waals surface area contributed by atoms with Crippen LogP contribution < -0.4 is 5.32 Å². The van der Waals surface area contributed by atoms with E-state index in [1.165, 1.54) is 41.7 Å². The number of amides is 1. The van der Waals surface area contributed by atoms with E-state index in [9.17, 15) is 23.1 Å². The number of carbonyl (C=O) groups is 1. The van der Waals surface area contributed by atoms with Crippen molar-refractivity contribution in [1.29, 1.82) is 0 Å². The number of alkyl halides is 3. The molecule has 2 N–H and O–H groups in total. The lowest BCUT2D eigenvalue weighted by Crippen LogP contribution is -2.14. The van der Waals surface area contributed by atoms with Crippen molar-refractivity contribution in [3.8, 4) is 5.75 Å². The number of aromatic hydroxyl groups is 1. The smallest absolute Gasteiger partial charge is 0.417 e. The van der Waals surface area contributed by atoms with Crippen molar-refractivity contribution < 1.29 is 23.1 Å². The topological polar surface area (TPSA) is 62.2 Å². The molecule has 1 aromatic heterocycles. The molecule has 0 aliphatic rings. The van der Waals surface area contributed by atoms with Crippen LogP contribution in [0.15, 0.2) is 69.9 Å². The van der Waals surface area contributed by atoms with Gasteiger partial charge >= 0.3 is 6.18 Å². The number of benzene rings is 3. The summed E-state index contributed by atoms with van der Waals surface area (Å²) in [5, 5.41) is 12.5. The highest BCUT2D eigenvalue weighted by Gasteiger charge is 2.34. The third-order valence-corrected chi connectivity index (χ3v) is 6.63. The van der Waals surface area contributed by atoms with Crippen molar-refractivity contribution in [2.75, 3.05) is 5.32 Å². The Balaban J connectivity index is 1.63. The number of hydrogen-bond donors (Lipinski definition) is 2. The van der Waals surface area contributed by atoms with Crippen LogP contribution in [0.1, 0.15) is 15.9 Å². The number of phenolic OH excluding ortho intramolecular Hbond substituents is 1. The van der Waals surface area contributed by atoms with Crippen LogP contribution in [0.3, 0.4) is 0 Å². The molecule has 158 valence electrons. The number of rotatable bonds is 4. The minimum atomic E-state index is -4.64. The molecule has 4 aromatic rings. The summed E-state index contributed by atoms with van der Waals surface area (Å²) >= 11 is 7.96. The Bertz CT molecular complexity index is 1260. The molecular formula is C21H12ClF3N2O2S2. The van der Waals surface area contributed by atoms with Gasteiger partial charge < -0.3 is 10.4 Å². The lowest BCUT2D eigenvalue weighted by molar-refractivity contribution is -0.139. The van der Waals surface area contributed by atoms with Crippen LogP contribution in [0, 0.1) is 0 Å². The average molecular weight is 481 g/mol. The Labute approximate surface area is 187 Å². The molecule has 0 saturated carbocycles. The van der Waals surface area contributed by atoms with Gasteiger partial charge in [0.1, 0.15) is 5.75 Å². The number of carbonyl (C=O) groups excluding carboxylic acids is 1. The van der Waals surface area contributed by atoms with E-state index >= 15 is 0 Å². The van der Waals surface area contributed by atoms with Crippen molar-refractivity contribution in [3.63, 3.8) is 0 Å². The van der Waals surface area contributed by atoms with E-state index in [1.54, 1.807) is 6.07 Å². The van der Waals surface area contributed by atoms with Crippen molar-refractivity contribution in [2.24, 2.45) is 0 Å². The molecule has 1 amide bonds. The standard InChI is InChI=1S/C21H12ClF3N2O2S2/c22-11-5-7-13(16(28)9-11)19(29)26-12-6-8-17(14(10-12)21(23,24)25)30-20-27-15-3-1-2-4-18(15)31-20/h1-10,28H,(H,26,29). The first-order chi connectivity index (χ1) is 14.7. The Morgan fingerprint density at radius 2 is 1.87 bits per heavy atom. The molecule has 10 heteroatoms. The first-order valence-corrected chi connectivity index (χ1v) is 10.8. The third kappa shape index (κ3) is 4.79. The van der Waals surface area contributed by atoms with Gasteiger partial charge in [-0.3, -0.25) is 4.79 Å². The molecule has 0 bridgehead atoms. The molecule has 31 heavy (non-hydrogen) atoms. The molecular weight excluding hydrogens is 469 g/mol. The number of thiazole rings is 1. The number of aromatic nitrogens is 1. The molecule has 4 rings (SSSR count). The fraction of sp³-hybridized carbons (Fsp3) is 0.0476. The van der Waals surface area contributed by atoms with Crippen molar-refractivity contribution in [1.82, 2.24) is 4.98 Å². The van der Waals surface area contributed by atoms with E-state index in [-0.39, 0.29) is 26.9 Å². The largest absolute Gasteiger partial charge is 0.507 e. The normalized spacial score (nSPS) is 11.6. The monoisotopic (exact) mass is 480 g/mol. The molecule has 0 atom stereocenters. The molecule has 3 aromatic carbocycles. The number of hydrogen-bond acceptors (Lipinski definition) is 5. The second-order valence-corrected chi connectivity index (χ2v) is 9.13. The molecule has 0 saturated heterocycles. The van der Waals surface area contributed by atoms with Crippen molar-refractivity contribution in [2.45, 2.75) is 15.4 Å². The minimum absolute atomic E-state index is 0.0288. The fourth-order valence-corrected chi connectivity index (χ4v) is 5.12. The predicted molar refractivity (Wildman–Crippen MR) is 116 cm³/mol. The summed E-state index contributed by atoms with van der Waals surface area (Å²) in [6, 6.07) is 14.7. The van der Waals surface area contributed by atoms with Crippen LogP contribution in [0.2, 0.25) is 5.02 Å². The van der Waals surface area contributed by atoms with Gasteiger partial charge in [-0.1, -0.05) is 35.5 Å². The number of nitrogens with one attached hydrogen (secondary N) is 1. The highest BCUT2D eigenvalue weighted by atomic mass is 35.5. The summed E-state index contributed by atoms with van der Waals surface area (Å²) in [6.07, 6.45) is -4.64. The van der Waals surface area contributed by atoms with E-state index in [1.807, 2.05) is 18.2 Å². The highest BCUT2D eigenvalue weighted by Crippen LogP contribution is 2.42. The molecule has 0 spiro atoms. The second kappa shape index (κ2) is 8.41. The van der Waals surface area contributed by atoms with Gasteiger partial charge in [0.15, 0.2) is 4.34 Å². The van der Waals surface area contributed by atoms with Crippen LogP contribution in [0.4, 0.5) is 18.9 Å². The maximum Gasteiger partial charge on any atom is 0.417 e. The molecule has 4 nitrogen and oxygen atoms in total. The predicted octanol–water partition coefficient (Wildman–Crippen LogP) is 7.08. The Kier molecular flexibility index (Phi) is 5.83. The second-order valence-electron chi connectivity index (χ2n) is 6.37. The zero-order valence-electron chi connectivity index (χ0n) is 15.4. The molecule has 0 aliphatic carbocycles. The first kappa shape index (κ1) is 21.5. The fourth-order valence-electron chi connectivity index (χ4n) is 2.80. The summed E-state index contributed by atoms with van der Waals surface area (Å²) in [7, 11) is 0. The van der Waals surface area contributed by atoms with Crippen LogP contribution in [0.5, 0.6) is 5.75 Å². The Morgan fingerprint density at radius 3 is 2.58 bits per heavy atom. The molecule has 0 radical (unpaired) electrons. The molecule has 1 heterocycles. The van der Waals surface area contributed by atoms with Crippen LogP contribution in [0.25, 0.3) is 10.2 Å². The lowest BCUT2D eigenvalue weighted by Gasteiger charge is -2.14. The lowest BCUT2D eigenvalue weighted by atomic mass is 10.1. The van der Waals surface area contributed by atoms with Gasteiger partial charge in [0, 0.05) is 15.6 Å². The summed E-state index contributed by atoms with van der Waals surface area (Å²) < 4.78 is 42.5. The maximum atomic E-state index is 13.7. The maximum absolute atomic E-state index is 13.7. The third-order valence-electron chi connectivity index (χ3n) is 4.22. The number of phenols is 1. The van der Waals surface area contributed by atoms with Gasteiger partial charge in [-0.15, -0.1) is 11.3 Å². The van der Waals surface area contributed by atoms with E-state index in [4.69, 9.17) is 11.6 Å². The molecule has 0 unspecified atom stereocenters. The molecule has 0 fully saturated rings. The summed E-state index contributed by atoms with van der Waals surface area (Å²) in [4.78, 5) is 16.7. The van der Waals surface area contributed by atoms with Crippen LogP contribution in [-0.2, 0) is 6.18 Å². The number of anilines is 1. The van der Waals surface area contributed by atoms with E-state index in [2.05, 4.69) is 10.3 Å². The summed E-state index contributed by atoms with van der Waals surface area (Å²) in [5.74, 6) is -1.13. The average Bonchev–Trinajstić information content (AvgIpc) is 3.10. The van der Waals surface area contributed by atoms with Crippen LogP contribution >= 0.6 is 34.7 Å². The zero-order chi connectivity index (χ0) is 22.2. The Morgan fingerprint density at radius 1 is 1.10 bits per heavy atom. The SMILES string of the molecule is O=C(Nc1ccc(Sc2nc3ccccc3s2)c(C(F)(F)F)c1)c1ccc(Cl)cc1O. The first-order valence-electron chi connectivity index (χ1n) is 8.75. The van der Waals surface area contributed by atoms with Crippen molar-refractivity contribution in [3.05, 3.63) is 76.8 Å². The number of para-hydroxylation sites is 1.